The van der Waals surface area contributed by atoms with E-state index in [2.05, 4.69) is 10.4 Å². The zero-order valence-electron chi connectivity index (χ0n) is 18.3. The Morgan fingerprint density at radius 1 is 1.00 bits per heavy atom. The van der Waals surface area contributed by atoms with Crippen LogP contribution in [0.5, 0.6) is 17.2 Å². The van der Waals surface area contributed by atoms with Crippen molar-refractivity contribution in [2.45, 2.75) is 19.4 Å². The van der Waals surface area contributed by atoms with Gasteiger partial charge in [-0.25, -0.2) is 4.68 Å². The summed E-state index contributed by atoms with van der Waals surface area (Å²) >= 11 is 0. The lowest BCUT2D eigenvalue weighted by Gasteiger charge is -2.18. The van der Waals surface area contributed by atoms with Crippen molar-refractivity contribution in [2.75, 3.05) is 21.3 Å². The number of carboxylic acid groups (broad SMARTS) is 1. The highest BCUT2D eigenvalue weighted by Crippen LogP contribution is 2.31. The van der Waals surface area contributed by atoms with E-state index < -0.39 is 17.9 Å². The van der Waals surface area contributed by atoms with Crippen LogP contribution in [0.1, 0.15) is 34.1 Å². The number of methoxy groups -OCH3 is 3. The standard InChI is InChI=1S/C23H25N3O6/c1-14-5-7-19(30-2)18(11-14)26-10-9-16(25-26)23(29)24-17(13-22(27)28)15-6-8-20(31-3)21(12-15)32-4/h5-12,17H,13H2,1-4H3,(H,24,29)(H,27,28). The Morgan fingerprint density at radius 2 is 1.69 bits per heavy atom. The number of carboxylic acids is 1. The number of nitrogens with zero attached hydrogens (tertiary/aromatic N) is 2. The van der Waals surface area contributed by atoms with Crippen LogP contribution in [-0.2, 0) is 4.79 Å². The molecule has 0 aliphatic carbocycles. The van der Waals surface area contributed by atoms with Crippen molar-refractivity contribution < 1.29 is 28.9 Å². The van der Waals surface area contributed by atoms with Gasteiger partial charge in [-0.2, -0.15) is 5.10 Å². The fourth-order valence-electron chi connectivity index (χ4n) is 3.29. The first-order valence-corrected chi connectivity index (χ1v) is 9.81. The first-order valence-electron chi connectivity index (χ1n) is 9.81. The number of hydrogen-bond acceptors (Lipinski definition) is 6. The number of amides is 1. The van der Waals surface area contributed by atoms with Gasteiger partial charge in [-0.1, -0.05) is 12.1 Å². The molecule has 2 N–H and O–H groups in total. The van der Waals surface area contributed by atoms with Crippen molar-refractivity contribution in [3.05, 3.63) is 65.5 Å². The van der Waals surface area contributed by atoms with Gasteiger partial charge in [0.05, 0.1) is 33.8 Å². The number of hydrogen-bond donors (Lipinski definition) is 2. The number of carbonyl (C=O) groups is 2. The lowest BCUT2D eigenvalue weighted by atomic mass is 10.0. The highest BCUT2D eigenvalue weighted by atomic mass is 16.5. The van der Waals surface area contributed by atoms with Crippen LogP contribution in [0, 0.1) is 6.92 Å². The molecule has 0 fully saturated rings. The number of nitrogens with one attached hydrogen (secondary N) is 1. The van der Waals surface area contributed by atoms with Crippen LogP contribution < -0.4 is 19.5 Å². The van der Waals surface area contributed by atoms with Gasteiger partial charge in [0.2, 0.25) is 0 Å². The molecule has 0 spiro atoms. The summed E-state index contributed by atoms with van der Waals surface area (Å²) in [5.41, 5.74) is 2.41. The van der Waals surface area contributed by atoms with Gasteiger partial charge in [-0.05, 0) is 48.4 Å². The normalized spacial score (nSPS) is 11.5. The second kappa shape index (κ2) is 9.86. The molecule has 1 aromatic heterocycles. The number of ether oxygens (including phenoxy) is 3. The highest BCUT2D eigenvalue weighted by Gasteiger charge is 2.22. The van der Waals surface area contributed by atoms with Gasteiger partial charge in [0, 0.05) is 6.20 Å². The van der Waals surface area contributed by atoms with Crippen molar-refractivity contribution in [1.29, 1.82) is 0 Å². The summed E-state index contributed by atoms with van der Waals surface area (Å²) in [6, 6.07) is 11.4. The quantitative estimate of drug-likeness (QED) is 0.527. The molecule has 168 valence electrons. The molecule has 1 heterocycles. The van der Waals surface area contributed by atoms with Gasteiger partial charge in [0.1, 0.15) is 11.4 Å². The van der Waals surface area contributed by atoms with Crippen LogP contribution in [-0.4, -0.2) is 48.1 Å². The maximum absolute atomic E-state index is 12.9. The lowest BCUT2D eigenvalue weighted by molar-refractivity contribution is -0.137. The van der Waals surface area contributed by atoms with Crippen molar-refractivity contribution in [3.8, 4) is 22.9 Å². The number of aromatic nitrogens is 2. The van der Waals surface area contributed by atoms with E-state index in [0.717, 1.165) is 5.56 Å². The molecule has 1 unspecified atom stereocenters. The van der Waals surface area contributed by atoms with E-state index in [0.29, 0.717) is 28.5 Å². The first kappa shape index (κ1) is 22.7. The minimum Gasteiger partial charge on any atom is -0.494 e. The zero-order valence-corrected chi connectivity index (χ0v) is 18.3. The summed E-state index contributed by atoms with van der Waals surface area (Å²) in [5.74, 6) is -0.00999. The number of carbonyl (C=O) groups excluding carboxylic acids is 1. The molecule has 0 aliphatic heterocycles. The smallest absolute Gasteiger partial charge is 0.305 e. The molecule has 32 heavy (non-hydrogen) atoms. The minimum atomic E-state index is -1.06. The van der Waals surface area contributed by atoms with E-state index in [4.69, 9.17) is 14.2 Å². The van der Waals surface area contributed by atoms with Crippen molar-refractivity contribution >= 4 is 11.9 Å². The van der Waals surface area contributed by atoms with Crippen LogP contribution in [0.3, 0.4) is 0 Å². The molecule has 0 aliphatic rings. The van der Waals surface area contributed by atoms with Gasteiger partial charge in [-0.3, -0.25) is 9.59 Å². The molecular formula is C23H25N3O6. The zero-order chi connectivity index (χ0) is 23.3. The van der Waals surface area contributed by atoms with Crippen molar-refractivity contribution in [2.24, 2.45) is 0 Å². The van der Waals surface area contributed by atoms with E-state index in [1.54, 1.807) is 42.3 Å². The average Bonchev–Trinajstić information content (AvgIpc) is 3.28. The number of aliphatic carboxylic acids is 1. The molecular weight excluding hydrogens is 414 g/mol. The molecule has 2 aromatic carbocycles. The van der Waals surface area contributed by atoms with Gasteiger partial charge in [0.25, 0.3) is 5.91 Å². The van der Waals surface area contributed by atoms with Crippen LogP contribution in [0.25, 0.3) is 5.69 Å². The second-order valence-electron chi connectivity index (χ2n) is 7.06. The molecule has 0 bridgehead atoms. The van der Waals surface area contributed by atoms with Crippen molar-refractivity contribution in [3.63, 3.8) is 0 Å². The molecule has 0 saturated heterocycles. The summed E-state index contributed by atoms with van der Waals surface area (Å²) in [4.78, 5) is 24.3. The number of aryl methyl sites for hydroxylation is 1. The van der Waals surface area contributed by atoms with Crippen LogP contribution in [0.4, 0.5) is 0 Å². The Labute approximate surface area is 185 Å². The summed E-state index contributed by atoms with van der Waals surface area (Å²) in [7, 11) is 4.55. The fraction of sp³-hybridized carbons (Fsp3) is 0.261. The van der Waals surface area contributed by atoms with Crippen molar-refractivity contribution in [1.82, 2.24) is 15.1 Å². The molecule has 1 amide bonds. The minimum absolute atomic E-state index is 0.143. The Balaban J connectivity index is 1.87. The Hall–Kier alpha value is -4.01. The van der Waals surface area contributed by atoms with E-state index in [1.165, 1.54) is 14.2 Å². The number of rotatable bonds is 9. The summed E-state index contributed by atoms with van der Waals surface area (Å²) in [5, 5.41) is 16.5. The third-order valence-corrected chi connectivity index (χ3v) is 4.90. The van der Waals surface area contributed by atoms with Crippen LogP contribution in [0.2, 0.25) is 0 Å². The summed E-state index contributed by atoms with van der Waals surface area (Å²) in [6.07, 6.45) is 1.34. The van der Waals surface area contributed by atoms with E-state index >= 15 is 0 Å². The third-order valence-electron chi connectivity index (χ3n) is 4.90. The predicted octanol–water partition coefficient (Wildman–Crippen LogP) is 3.15. The lowest BCUT2D eigenvalue weighted by Crippen LogP contribution is -2.30. The summed E-state index contributed by atoms with van der Waals surface area (Å²) < 4.78 is 17.4. The maximum atomic E-state index is 12.9. The van der Waals surface area contributed by atoms with Gasteiger partial charge in [-0.15, -0.1) is 0 Å². The van der Waals surface area contributed by atoms with E-state index in [1.807, 2.05) is 25.1 Å². The second-order valence-corrected chi connectivity index (χ2v) is 7.06. The molecule has 3 rings (SSSR count). The van der Waals surface area contributed by atoms with Gasteiger partial charge < -0.3 is 24.6 Å². The number of benzene rings is 2. The Morgan fingerprint density at radius 3 is 2.34 bits per heavy atom. The maximum Gasteiger partial charge on any atom is 0.305 e. The Kier molecular flexibility index (Phi) is 6.99. The predicted molar refractivity (Wildman–Crippen MR) is 117 cm³/mol. The SMILES string of the molecule is COc1ccc(C(CC(=O)O)NC(=O)c2ccn(-c3cc(C)ccc3OC)n2)cc1OC. The third kappa shape index (κ3) is 5.00. The van der Waals surface area contributed by atoms with E-state index in [-0.39, 0.29) is 12.1 Å². The van der Waals surface area contributed by atoms with E-state index in [9.17, 15) is 14.7 Å². The van der Waals surface area contributed by atoms with Gasteiger partial charge in [0.15, 0.2) is 17.2 Å². The monoisotopic (exact) mass is 439 g/mol. The molecule has 9 heteroatoms. The average molecular weight is 439 g/mol. The molecule has 1 atom stereocenters. The molecule has 0 saturated carbocycles. The molecule has 0 radical (unpaired) electrons. The van der Waals surface area contributed by atoms with Gasteiger partial charge >= 0.3 is 5.97 Å². The largest absolute Gasteiger partial charge is 0.494 e. The Bertz CT molecular complexity index is 1120. The fourth-order valence-corrected chi connectivity index (χ4v) is 3.29. The van der Waals surface area contributed by atoms with Crippen LogP contribution >= 0.6 is 0 Å². The molecule has 9 nitrogen and oxygen atoms in total. The first-order chi connectivity index (χ1) is 15.4. The highest BCUT2D eigenvalue weighted by molar-refractivity contribution is 5.92. The van der Waals surface area contributed by atoms with Crippen LogP contribution in [0.15, 0.2) is 48.7 Å². The topological polar surface area (TPSA) is 112 Å². The summed E-state index contributed by atoms with van der Waals surface area (Å²) in [6.45, 7) is 1.94. The molecule has 3 aromatic rings.